The molecule has 3 rings (SSSR count). The number of pyridine rings is 1. The van der Waals surface area contributed by atoms with Crippen molar-refractivity contribution in [3.05, 3.63) is 47.9 Å². The third kappa shape index (κ3) is 1.71. The largest absolute Gasteiger partial charge is 0.478 e. The Morgan fingerprint density at radius 2 is 2.16 bits per heavy atom. The zero-order valence-electron chi connectivity index (χ0n) is 10.7. The van der Waals surface area contributed by atoms with Crippen molar-refractivity contribution in [3.63, 3.8) is 0 Å². The maximum atomic E-state index is 11.2. The molecule has 3 aromatic rings. The second-order valence-corrected chi connectivity index (χ2v) is 4.54. The first kappa shape index (κ1) is 11.5. The highest BCUT2D eigenvalue weighted by Gasteiger charge is 2.13. The predicted molar refractivity (Wildman–Crippen MR) is 71.3 cm³/mol. The molecule has 0 aliphatic heterocycles. The Hall–Kier alpha value is -2.56. The van der Waals surface area contributed by atoms with Crippen LogP contribution in [0, 0.1) is 6.92 Å². The number of hydrogen-bond acceptors (Lipinski definition) is 2. The van der Waals surface area contributed by atoms with E-state index in [0.29, 0.717) is 5.56 Å². The lowest BCUT2D eigenvalue weighted by atomic mass is 10.1. The summed E-state index contributed by atoms with van der Waals surface area (Å²) >= 11 is 0. The summed E-state index contributed by atoms with van der Waals surface area (Å²) in [6.45, 7) is 1.80. The van der Waals surface area contributed by atoms with Gasteiger partial charge in [0.15, 0.2) is 0 Å². The van der Waals surface area contributed by atoms with Gasteiger partial charge in [-0.1, -0.05) is 0 Å². The summed E-state index contributed by atoms with van der Waals surface area (Å²) in [4.78, 5) is 11.2. The first-order valence-electron chi connectivity index (χ1n) is 5.91. The molecule has 0 unspecified atom stereocenters. The standard InChI is InChI=1S/C14H13N3O2/c1-9-8-17-6-4-10(12-3-5-15-16(12)2)13(17)7-11(9)14(18)19/h3-8H,1-2H3,(H,18,19). The highest BCUT2D eigenvalue weighted by Crippen LogP contribution is 2.26. The maximum Gasteiger partial charge on any atom is 0.336 e. The van der Waals surface area contributed by atoms with Crippen molar-refractivity contribution >= 4 is 11.5 Å². The molecule has 0 aromatic carbocycles. The Morgan fingerprint density at radius 1 is 1.37 bits per heavy atom. The lowest BCUT2D eigenvalue weighted by Crippen LogP contribution is -2.01. The van der Waals surface area contributed by atoms with E-state index in [1.54, 1.807) is 23.9 Å². The van der Waals surface area contributed by atoms with E-state index < -0.39 is 5.97 Å². The molecule has 0 saturated heterocycles. The number of carboxylic acid groups (broad SMARTS) is 1. The highest BCUT2D eigenvalue weighted by molar-refractivity contribution is 5.93. The van der Waals surface area contributed by atoms with Gasteiger partial charge < -0.3 is 9.51 Å². The minimum absolute atomic E-state index is 0.328. The fourth-order valence-corrected chi connectivity index (χ4v) is 2.34. The molecule has 0 bridgehead atoms. The van der Waals surface area contributed by atoms with Gasteiger partial charge in [-0.05, 0) is 30.7 Å². The average Bonchev–Trinajstić information content (AvgIpc) is 2.93. The van der Waals surface area contributed by atoms with Crippen molar-refractivity contribution in [1.29, 1.82) is 0 Å². The molecule has 0 aliphatic rings. The molecule has 0 aliphatic carbocycles. The smallest absolute Gasteiger partial charge is 0.336 e. The van der Waals surface area contributed by atoms with E-state index in [9.17, 15) is 9.90 Å². The Labute approximate surface area is 109 Å². The van der Waals surface area contributed by atoms with E-state index in [2.05, 4.69) is 5.10 Å². The van der Waals surface area contributed by atoms with Gasteiger partial charge in [-0.15, -0.1) is 0 Å². The molecule has 0 radical (unpaired) electrons. The van der Waals surface area contributed by atoms with Crippen LogP contribution in [0.5, 0.6) is 0 Å². The fourth-order valence-electron chi connectivity index (χ4n) is 2.34. The molecular formula is C14H13N3O2. The number of rotatable bonds is 2. The van der Waals surface area contributed by atoms with Gasteiger partial charge in [0.2, 0.25) is 0 Å². The van der Waals surface area contributed by atoms with Gasteiger partial charge in [0.1, 0.15) is 0 Å². The fraction of sp³-hybridized carbons (Fsp3) is 0.143. The number of carboxylic acids is 1. The van der Waals surface area contributed by atoms with Gasteiger partial charge in [-0.3, -0.25) is 4.68 Å². The normalized spacial score (nSPS) is 11.1. The minimum atomic E-state index is -0.905. The van der Waals surface area contributed by atoms with Crippen LogP contribution in [0.25, 0.3) is 16.8 Å². The molecule has 0 spiro atoms. The van der Waals surface area contributed by atoms with Crippen LogP contribution in [-0.4, -0.2) is 25.3 Å². The third-order valence-corrected chi connectivity index (χ3v) is 3.32. The maximum absolute atomic E-state index is 11.2. The number of hydrogen-bond donors (Lipinski definition) is 1. The molecule has 1 N–H and O–H groups in total. The van der Waals surface area contributed by atoms with Crippen LogP contribution in [0.2, 0.25) is 0 Å². The summed E-state index contributed by atoms with van der Waals surface area (Å²) in [6.07, 6.45) is 5.49. The molecule has 96 valence electrons. The van der Waals surface area contributed by atoms with Gasteiger partial charge in [-0.2, -0.15) is 5.10 Å². The Bertz CT molecular complexity index is 783. The third-order valence-electron chi connectivity index (χ3n) is 3.32. The monoisotopic (exact) mass is 255 g/mol. The molecule has 5 nitrogen and oxygen atoms in total. The van der Waals surface area contributed by atoms with E-state index in [0.717, 1.165) is 22.3 Å². The Balaban J connectivity index is 2.31. The molecule has 0 atom stereocenters. The van der Waals surface area contributed by atoms with Gasteiger partial charge in [0, 0.05) is 31.2 Å². The molecule has 3 heterocycles. The average molecular weight is 255 g/mol. The van der Waals surface area contributed by atoms with E-state index in [4.69, 9.17) is 0 Å². The van der Waals surface area contributed by atoms with Crippen LogP contribution < -0.4 is 0 Å². The van der Waals surface area contributed by atoms with Crippen LogP contribution in [0.15, 0.2) is 36.8 Å². The van der Waals surface area contributed by atoms with Crippen molar-refractivity contribution in [3.8, 4) is 11.3 Å². The first-order valence-corrected chi connectivity index (χ1v) is 5.91. The number of aromatic carboxylic acids is 1. The van der Waals surface area contributed by atoms with Gasteiger partial charge >= 0.3 is 5.97 Å². The minimum Gasteiger partial charge on any atom is -0.478 e. The van der Waals surface area contributed by atoms with Gasteiger partial charge in [0.05, 0.1) is 16.8 Å². The van der Waals surface area contributed by atoms with E-state index >= 15 is 0 Å². The summed E-state index contributed by atoms with van der Waals surface area (Å²) in [5, 5.41) is 13.4. The number of fused-ring (bicyclic) bond motifs is 1. The predicted octanol–water partition coefficient (Wildman–Crippen LogP) is 2.35. The summed E-state index contributed by atoms with van der Waals surface area (Å²) in [6, 6.07) is 5.59. The summed E-state index contributed by atoms with van der Waals surface area (Å²) in [5.41, 5.74) is 3.87. The SMILES string of the molecule is Cc1cn2ccc(-c3ccnn3C)c2cc1C(=O)O. The van der Waals surface area contributed by atoms with Gasteiger partial charge in [-0.25, -0.2) is 4.79 Å². The number of aromatic nitrogens is 3. The topological polar surface area (TPSA) is 59.5 Å². The number of nitrogens with zero attached hydrogens (tertiary/aromatic N) is 3. The Morgan fingerprint density at radius 3 is 2.79 bits per heavy atom. The number of carbonyl (C=O) groups is 1. The first-order chi connectivity index (χ1) is 9.08. The molecular weight excluding hydrogens is 242 g/mol. The lowest BCUT2D eigenvalue weighted by molar-refractivity contribution is 0.0696. The highest BCUT2D eigenvalue weighted by atomic mass is 16.4. The number of aryl methyl sites for hydroxylation is 2. The van der Waals surface area contributed by atoms with Crippen LogP contribution in [-0.2, 0) is 7.05 Å². The molecule has 5 heteroatoms. The molecule has 3 aromatic heterocycles. The van der Waals surface area contributed by atoms with E-state index in [1.165, 1.54) is 0 Å². The molecule has 19 heavy (non-hydrogen) atoms. The van der Waals surface area contributed by atoms with Crippen molar-refractivity contribution in [2.75, 3.05) is 0 Å². The summed E-state index contributed by atoms with van der Waals surface area (Å²) in [7, 11) is 1.87. The lowest BCUT2D eigenvalue weighted by Gasteiger charge is -2.05. The van der Waals surface area contributed by atoms with Crippen molar-refractivity contribution in [1.82, 2.24) is 14.2 Å². The van der Waals surface area contributed by atoms with Crippen LogP contribution in [0.4, 0.5) is 0 Å². The molecule has 0 fully saturated rings. The van der Waals surface area contributed by atoms with E-state index in [-0.39, 0.29) is 0 Å². The van der Waals surface area contributed by atoms with Gasteiger partial charge in [0.25, 0.3) is 0 Å². The summed E-state index contributed by atoms with van der Waals surface area (Å²) in [5.74, 6) is -0.905. The van der Waals surface area contributed by atoms with E-state index in [1.807, 2.05) is 36.0 Å². The van der Waals surface area contributed by atoms with Crippen LogP contribution >= 0.6 is 0 Å². The second kappa shape index (κ2) is 3.98. The van der Waals surface area contributed by atoms with Crippen molar-refractivity contribution in [2.45, 2.75) is 6.92 Å². The molecule has 0 amide bonds. The van der Waals surface area contributed by atoms with Crippen LogP contribution in [0.3, 0.4) is 0 Å². The molecule has 0 saturated carbocycles. The summed E-state index contributed by atoms with van der Waals surface area (Å²) < 4.78 is 3.71. The van der Waals surface area contributed by atoms with Crippen LogP contribution in [0.1, 0.15) is 15.9 Å². The quantitative estimate of drug-likeness (QED) is 0.764. The van der Waals surface area contributed by atoms with Crippen molar-refractivity contribution < 1.29 is 9.90 Å². The second-order valence-electron chi connectivity index (χ2n) is 4.54. The zero-order valence-corrected chi connectivity index (χ0v) is 10.7. The zero-order chi connectivity index (χ0) is 13.6. The Kier molecular flexibility index (Phi) is 2.41. The van der Waals surface area contributed by atoms with Crippen molar-refractivity contribution in [2.24, 2.45) is 7.05 Å².